The van der Waals surface area contributed by atoms with Crippen LogP contribution in [0.25, 0.3) is 11.0 Å². The van der Waals surface area contributed by atoms with Gasteiger partial charge in [0.25, 0.3) is 0 Å². The first-order valence-electron chi connectivity index (χ1n) is 7.56. The molecule has 0 N–H and O–H groups in total. The molecule has 0 radical (unpaired) electrons. The fourth-order valence-electron chi connectivity index (χ4n) is 2.42. The molecular weight excluding hydrogens is 344 g/mol. The van der Waals surface area contributed by atoms with Crippen LogP contribution in [0.15, 0.2) is 51.7 Å². The molecule has 1 heterocycles. The molecule has 0 fully saturated rings. The topological polar surface area (TPSA) is 65.7 Å². The Bertz CT molecular complexity index is 1010. The van der Waals surface area contributed by atoms with E-state index < -0.39 is 11.6 Å². The molecule has 0 aliphatic heterocycles. The maximum atomic E-state index is 11.9. The second-order valence-corrected chi connectivity index (χ2v) is 6.02. The van der Waals surface area contributed by atoms with Gasteiger partial charge in [-0.25, -0.2) is 9.59 Å². The summed E-state index contributed by atoms with van der Waals surface area (Å²) in [4.78, 5) is 23.4. The van der Waals surface area contributed by atoms with Gasteiger partial charge in [0, 0.05) is 22.5 Å². The molecule has 0 amide bonds. The number of rotatable bonds is 4. The maximum absolute atomic E-state index is 11.9. The van der Waals surface area contributed by atoms with Crippen molar-refractivity contribution >= 4 is 28.5 Å². The summed E-state index contributed by atoms with van der Waals surface area (Å²) < 4.78 is 15.8. The van der Waals surface area contributed by atoms with E-state index in [1.54, 1.807) is 43.3 Å². The van der Waals surface area contributed by atoms with E-state index in [0.29, 0.717) is 22.1 Å². The first-order valence-corrected chi connectivity index (χ1v) is 7.94. The van der Waals surface area contributed by atoms with Crippen molar-refractivity contribution in [2.75, 3.05) is 6.61 Å². The van der Waals surface area contributed by atoms with Crippen LogP contribution in [0.1, 0.15) is 11.1 Å². The highest BCUT2D eigenvalue weighted by Gasteiger charge is 2.10. The minimum Gasteiger partial charge on any atom is -0.482 e. The van der Waals surface area contributed by atoms with Crippen molar-refractivity contribution in [3.8, 4) is 11.5 Å². The molecule has 0 saturated carbocycles. The van der Waals surface area contributed by atoms with Crippen LogP contribution in [-0.2, 0) is 4.79 Å². The fourth-order valence-corrected chi connectivity index (χ4v) is 2.64. The van der Waals surface area contributed by atoms with E-state index in [1.165, 1.54) is 6.07 Å². The normalized spacial score (nSPS) is 10.7. The van der Waals surface area contributed by atoms with Gasteiger partial charge >= 0.3 is 11.6 Å². The molecule has 1 aromatic heterocycles. The Morgan fingerprint density at radius 2 is 1.88 bits per heavy atom. The predicted octanol–water partition coefficient (Wildman–Crippen LogP) is 4.05. The van der Waals surface area contributed by atoms with Crippen molar-refractivity contribution in [3.63, 3.8) is 0 Å². The Labute approximate surface area is 148 Å². The number of esters is 1. The van der Waals surface area contributed by atoms with Crippen LogP contribution in [0.3, 0.4) is 0 Å². The molecule has 25 heavy (non-hydrogen) atoms. The third kappa shape index (κ3) is 4.00. The molecule has 0 spiro atoms. The number of aryl methyl sites for hydroxylation is 2. The Hall–Kier alpha value is -2.79. The van der Waals surface area contributed by atoms with Crippen LogP contribution in [0, 0.1) is 13.8 Å². The Kier molecular flexibility index (Phi) is 4.76. The second kappa shape index (κ2) is 6.99. The highest BCUT2D eigenvalue weighted by Crippen LogP contribution is 2.23. The van der Waals surface area contributed by atoms with E-state index in [0.717, 1.165) is 16.5 Å². The number of carbonyl (C=O) groups is 1. The molecule has 0 saturated heterocycles. The largest absolute Gasteiger partial charge is 0.482 e. The van der Waals surface area contributed by atoms with Crippen LogP contribution in [-0.4, -0.2) is 12.6 Å². The number of fused-ring (bicyclic) bond motifs is 1. The van der Waals surface area contributed by atoms with E-state index in [4.69, 9.17) is 25.5 Å². The molecule has 0 atom stereocenters. The average molecular weight is 359 g/mol. The average Bonchev–Trinajstić information content (AvgIpc) is 2.55. The SMILES string of the molecule is Cc1cc(Cl)ccc1OC(=O)COc1ccc2c(C)cc(=O)oc2c1. The Morgan fingerprint density at radius 1 is 1.08 bits per heavy atom. The zero-order valence-corrected chi connectivity index (χ0v) is 14.4. The number of carbonyl (C=O) groups excluding carboxylic acids is 1. The summed E-state index contributed by atoms with van der Waals surface area (Å²) in [5.41, 5.74) is 1.54. The lowest BCUT2D eigenvalue weighted by molar-refractivity contribution is -0.136. The van der Waals surface area contributed by atoms with Gasteiger partial charge < -0.3 is 13.9 Å². The van der Waals surface area contributed by atoms with Gasteiger partial charge in [-0.1, -0.05) is 11.6 Å². The van der Waals surface area contributed by atoms with Crippen molar-refractivity contribution < 1.29 is 18.7 Å². The number of halogens is 1. The van der Waals surface area contributed by atoms with Crippen LogP contribution in [0.4, 0.5) is 0 Å². The standard InChI is InChI=1S/C19H15ClO5/c1-11-8-18(21)25-17-9-14(4-5-15(11)17)23-10-19(22)24-16-6-3-13(20)7-12(16)2/h3-9H,10H2,1-2H3. The third-order valence-corrected chi connectivity index (χ3v) is 3.88. The van der Waals surface area contributed by atoms with Gasteiger partial charge in [0.2, 0.25) is 0 Å². The van der Waals surface area contributed by atoms with E-state index in [2.05, 4.69) is 0 Å². The van der Waals surface area contributed by atoms with Crippen molar-refractivity contribution in [1.82, 2.24) is 0 Å². The fraction of sp³-hybridized carbons (Fsp3) is 0.158. The second-order valence-electron chi connectivity index (χ2n) is 5.58. The number of benzene rings is 2. The molecule has 0 aliphatic carbocycles. The van der Waals surface area contributed by atoms with E-state index in [1.807, 2.05) is 6.92 Å². The first kappa shape index (κ1) is 17.0. The summed E-state index contributed by atoms with van der Waals surface area (Å²) >= 11 is 5.87. The number of hydrogen-bond donors (Lipinski definition) is 0. The van der Waals surface area contributed by atoms with Crippen molar-refractivity contribution in [2.24, 2.45) is 0 Å². The lowest BCUT2D eigenvalue weighted by Crippen LogP contribution is -2.18. The minimum absolute atomic E-state index is 0.274. The summed E-state index contributed by atoms with van der Waals surface area (Å²) in [5.74, 6) is 0.292. The van der Waals surface area contributed by atoms with Crippen LogP contribution in [0.2, 0.25) is 5.02 Å². The van der Waals surface area contributed by atoms with E-state index in [-0.39, 0.29) is 6.61 Å². The molecular formula is C19H15ClO5. The van der Waals surface area contributed by atoms with Gasteiger partial charge in [-0.15, -0.1) is 0 Å². The summed E-state index contributed by atoms with van der Waals surface area (Å²) in [5, 5.41) is 1.38. The molecule has 0 aliphatic rings. The zero-order valence-electron chi connectivity index (χ0n) is 13.7. The molecule has 5 nitrogen and oxygen atoms in total. The summed E-state index contributed by atoms with van der Waals surface area (Å²) in [6, 6.07) is 11.5. The summed E-state index contributed by atoms with van der Waals surface area (Å²) in [6.07, 6.45) is 0. The number of hydrogen-bond acceptors (Lipinski definition) is 5. The van der Waals surface area contributed by atoms with Crippen molar-refractivity contribution in [3.05, 3.63) is 69.0 Å². The maximum Gasteiger partial charge on any atom is 0.349 e. The lowest BCUT2D eigenvalue weighted by Gasteiger charge is -2.09. The van der Waals surface area contributed by atoms with Crippen molar-refractivity contribution in [1.29, 1.82) is 0 Å². The Balaban J connectivity index is 1.69. The van der Waals surface area contributed by atoms with Gasteiger partial charge in [0.15, 0.2) is 6.61 Å². The zero-order chi connectivity index (χ0) is 18.0. The Morgan fingerprint density at radius 3 is 2.64 bits per heavy atom. The lowest BCUT2D eigenvalue weighted by atomic mass is 10.1. The molecule has 0 bridgehead atoms. The van der Waals surface area contributed by atoms with E-state index in [9.17, 15) is 9.59 Å². The quantitative estimate of drug-likeness (QED) is 0.400. The predicted molar refractivity (Wildman–Crippen MR) is 94.5 cm³/mol. The van der Waals surface area contributed by atoms with Gasteiger partial charge in [0.1, 0.15) is 17.1 Å². The smallest absolute Gasteiger partial charge is 0.349 e. The molecule has 3 aromatic rings. The van der Waals surface area contributed by atoms with Crippen LogP contribution < -0.4 is 15.1 Å². The number of ether oxygens (including phenoxy) is 2. The van der Waals surface area contributed by atoms with Gasteiger partial charge in [-0.3, -0.25) is 0 Å². The first-order chi connectivity index (χ1) is 11.9. The summed E-state index contributed by atoms with van der Waals surface area (Å²) in [6.45, 7) is 3.35. The van der Waals surface area contributed by atoms with Gasteiger partial charge in [-0.2, -0.15) is 0 Å². The molecule has 3 rings (SSSR count). The van der Waals surface area contributed by atoms with Crippen LogP contribution >= 0.6 is 11.6 Å². The molecule has 0 unspecified atom stereocenters. The minimum atomic E-state index is -0.545. The van der Waals surface area contributed by atoms with E-state index >= 15 is 0 Å². The third-order valence-electron chi connectivity index (χ3n) is 3.64. The monoisotopic (exact) mass is 358 g/mol. The highest BCUT2D eigenvalue weighted by atomic mass is 35.5. The highest BCUT2D eigenvalue weighted by molar-refractivity contribution is 6.30. The van der Waals surface area contributed by atoms with Gasteiger partial charge in [-0.05, 0) is 55.3 Å². The molecule has 6 heteroatoms. The summed E-state index contributed by atoms with van der Waals surface area (Å²) in [7, 11) is 0. The van der Waals surface area contributed by atoms with Crippen LogP contribution in [0.5, 0.6) is 11.5 Å². The molecule has 128 valence electrons. The van der Waals surface area contributed by atoms with Crippen molar-refractivity contribution in [2.45, 2.75) is 13.8 Å². The molecule has 2 aromatic carbocycles. The van der Waals surface area contributed by atoms with Gasteiger partial charge in [0.05, 0.1) is 0 Å².